The van der Waals surface area contributed by atoms with E-state index < -0.39 is 12.3 Å². The molecule has 4 heterocycles. The summed E-state index contributed by atoms with van der Waals surface area (Å²) >= 11 is 0. The summed E-state index contributed by atoms with van der Waals surface area (Å²) in [6.45, 7) is 0.173. The summed E-state index contributed by atoms with van der Waals surface area (Å²) < 4.78 is 29.8. The van der Waals surface area contributed by atoms with Crippen molar-refractivity contribution >= 4 is 0 Å². The zero-order chi connectivity index (χ0) is 17.9. The molecule has 0 aliphatic rings. The van der Waals surface area contributed by atoms with Crippen molar-refractivity contribution in [1.82, 2.24) is 45.4 Å². The highest BCUT2D eigenvalue weighted by molar-refractivity contribution is 5.48. The first-order chi connectivity index (χ1) is 12.7. The first kappa shape index (κ1) is 15.8. The Hall–Kier alpha value is -3.70. The maximum absolute atomic E-state index is 12.5. The van der Waals surface area contributed by atoms with Crippen LogP contribution in [0.1, 0.15) is 18.1 Å². The number of alkyl halides is 2. The molecule has 0 aromatic carbocycles. The second-order valence-electron chi connectivity index (χ2n) is 4.99. The van der Waals surface area contributed by atoms with Crippen LogP contribution in [-0.4, -0.2) is 45.4 Å². The van der Waals surface area contributed by atoms with Crippen molar-refractivity contribution in [1.29, 1.82) is 0 Å². The minimum absolute atomic E-state index is 0.0804. The molecule has 4 aromatic rings. The molecule has 0 fully saturated rings. The molecule has 0 aliphatic carbocycles. The Morgan fingerprint density at radius 3 is 2.58 bits per heavy atom. The van der Waals surface area contributed by atoms with Gasteiger partial charge in [-0.15, -0.1) is 20.4 Å². The van der Waals surface area contributed by atoms with Crippen molar-refractivity contribution < 1.29 is 13.2 Å². The van der Waals surface area contributed by atoms with E-state index in [0.29, 0.717) is 22.9 Å². The molecule has 0 atom stereocenters. The van der Waals surface area contributed by atoms with Gasteiger partial charge in [0.2, 0.25) is 5.82 Å². The van der Waals surface area contributed by atoms with Gasteiger partial charge in [-0.2, -0.15) is 13.6 Å². The third-order valence-corrected chi connectivity index (χ3v) is 3.21. The van der Waals surface area contributed by atoms with Crippen molar-refractivity contribution in [3.63, 3.8) is 0 Å². The third kappa shape index (κ3) is 3.24. The smallest absolute Gasteiger partial charge is 0.314 e. The molecule has 0 amide bonds. The van der Waals surface area contributed by atoms with Gasteiger partial charge in [0, 0.05) is 18.6 Å². The Balaban J connectivity index is 1.48. The van der Waals surface area contributed by atoms with Gasteiger partial charge in [-0.3, -0.25) is 4.98 Å². The van der Waals surface area contributed by atoms with E-state index in [4.69, 9.17) is 4.42 Å². The maximum Gasteiger partial charge on any atom is 0.314 e. The summed E-state index contributed by atoms with van der Waals surface area (Å²) in [6.07, 6.45) is 1.58. The minimum atomic E-state index is -2.83. The SMILES string of the molecule is FC(F)c1nnc(-c2cnc(Cn3nnc(-c4ccccn4)n3)nc2)o1. The summed E-state index contributed by atoms with van der Waals surface area (Å²) in [5.74, 6) is -0.0546. The van der Waals surface area contributed by atoms with Crippen LogP contribution in [0.25, 0.3) is 23.0 Å². The molecule has 130 valence electrons. The van der Waals surface area contributed by atoms with Gasteiger partial charge in [0.1, 0.15) is 12.2 Å². The van der Waals surface area contributed by atoms with Crippen LogP contribution in [0.5, 0.6) is 0 Å². The molecule has 0 saturated heterocycles. The number of hydrogen-bond acceptors (Lipinski definition) is 9. The molecule has 0 radical (unpaired) electrons. The number of nitrogens with zero attached hydrogens (tertiary/aromatic N) is 9. The molecule has 0 aliphatic heterocycles. The molecule has 0 N–H and O–H groups in total. The molecule has 4 aromatic heterocycles. The second kappa shape index (κ2) is 6.66. The monoisotopic (exact) mass is 357 g/mol. The number of rotatable bonds is 5. The van der Waals surface area contributed by atoms with Crippen molar-refractivity contribution in [2.45, 2.75) is 13.0 Å². The molecule has 10 nitrogen and oxygen atoms in total. The van der Waals surface area contributed by atoms with Gasteiger partial charge in [0.15, 0.2) is 5.82 Å². The van der Waals surface area contributed by atoms with Gasteiger partial charge in [-0.25, -0.2) is 9.97 Å². The van der Waals surface area contributed by atoms with E-state index in [0.717, 1.165) is 0 Å². The van der Waals surface area contributed by atoms with Crippen LogP contribution in [-0.2, 0) is 6.54 Å². The Morgan fingerprint density at radius 2 is 1.88 bits per heavy atom. The standard InChI is InChI=1S/C14H9F2N9O/c15-11(16)14-22-21-13(26-14)8-5-18-10(19-6-8)7-25-23-12(20-24-25)9-3-1-2-4-17-9/h1-6,11H,7H2. The summed E-state index contributed by atoms with van der Waals surface area (Å²) in [5.41, 5.74) is 0.926. The molecular weight excluding hydrogens is 348 g/mol. The Labute approximate surface area is 144 Å². The van der Waals surface area contributed by atoms with Crippen LogP contribution < -0.4 is 0 Å². The summed E-state index contributed by atoms with van der Waals surface area (Å²) in [5, 5.41) is 18.8. The van der Waals surface area contributed by atoms with Crippen molar-refractivity contribution in [2.24, 2.45) is 0 Å². The quantitative estimate of drug-likeness (QED) is 0.523. The highest BCUT2D eigenvalue weighted by Crippen LogP contribution is 2.22. The maximum atomic E-state index is 12.5. The first-order valence-corrected chi connectivity index (χ1v) is 7.31. The normalized spacial score (nSPS) is 11.2. The predicted octanol–water partition coefficient (Wildman–Crippen LogP) is 1.56. The fourth-order valence-corrected chi connectivity index (χ4v) is 2.02. The van der Waals surface area contributed by atoms with Gasteiger partial charge in [0.25, 0.3) is 11.8 Å². The second-order valence-corrected chi connectivity index (χ2v) is 4.99. The molecule has 12 heteroatoms. The predicted molar refractivity (Wildman–Crippen MR) is 80.4 cm³/mol. The summed E-state index contributed by atoms with van der Waals surface area (Å²) in [7, 11) is 0. The van der Waals surface area contributed by atoms with Crippen LogP contribution in [0.4, 0.5) is 8.78 Å². The van der Waals surface area contributed by atoms with Crippen molar-refractivity contribution in [3.8, 4) is 23.0 Å². The minimum Gasteiger partial charge on any atom is -0.415 e. The molecular formula is C14H9F2N9O. The largest absolute Gasteiger partial charge is 0.415 e. The lowest BCUT2D eigenvalue weighted by Gasteiger charge is -1.99. The fraction of sp³-hybridized carbons (Fsp3) is 0.143. The number of pyridine rings is 1. The van der Waals surface area contributed by atoms with E-state index in [9.17, 15) is 8.78 Å². The zero-order valence-corrected chi connectivity index (χ0v) is 12.9. The van der Waals surface area contributed by atoms with Crippen LogP contribution in [0.15, 0.2) is 41.2 Å². The molecule has 0 saturated carbocycles. The summed E-state index contributed by atoms with van der Waals surface area (Å²) in [6, 6.07) is 5.38. The van der Waals surface area contributed by atoms with E-state index in [1.54, 1.807) is 18.3 Å². The average Bonchev–Trinajstić information content (AvgIpc) is 3.33. The van der Waals surface area contributed by atoms with Gasteiger partial charge in [-0.05, 0) is 17.3 Å². The van der Waals surface area contributed by atoms with E-state index >= 15 is 0 Å². The number of hydrogen-bond donors (Lipinski definition) is 0. The van der Waals surface area contributed by atoms with E-state index in [1.807, 2.05) is 6.07 Å². The molecule has 0 bridgehead atoms. The van der Waals surface area contributed by atoms with Crippen LogP contribution >= 0.6 is 0 Å². The van der Waals surface area contributed by atoms with E-state index in [-0.39, 0.29) is 12.4 Å². The lowest BCUT2D eigenvalue weighted by molar-refractivity contribution is 0.116. The highest BCUT2D eigenvalue weighted by Gasteiger charge is 2.17. The number of aromatic nitrogens is 9. The van der Waals surface area contributed by atoms with Gasteiger partial charge in [-0.1, -0.05) is 6.07 Å². The van der Waals surface area contributed by atoms with E-state index in [2.05, 4.69) is 40.6 Å². The molecule has 26 heavy (non-hydrogen) atoms. The van der Waals surface area contributed by atoms with Gasteiger partial charge >= 0.3 is 6.43 Å². The van der Waals surface area contributed by atoms with Crippen LogP contribution in [0.3, 0.4) is 0 Å². The van der Waals surface area contributed by atoms with E-state index in [1.165, 1.54) is 17.2 Å². The zero-order valence-electron chi connectivity index (χ0n) is 12.9. The van der Waals surface area contributed by atoms with Crippen molar-refractivity contribution in [3.05, 3.63) is 48.5 Å². The highest BCUT2D eigenvalue weighted by atomic mass is 19.3. The Morgan fingerprint density at radius 1 is 1.04 bits per heavy atom. The average molecular weight is 357 g/mol. The molecule has 0 spiro atoms. The van der Waals surface area contributed by atoms with Gasteiger partial charge in [0.05, 0.1) is 5.56 Å². The lowest BCUT2D eigenvalue weighted by atomic mass is 10.3. The van der Waals surface area contributed by atoms with Crippen LogP contribution in [0.2, 0.25) is 0 Å². The first-order valence-electron chi connectivity index (χ1n) is 7.31. The summed E-state index contributed by atoms with van der Waals surface area (Å²) in [4.78, 5) is 13.7. The fourth-order valence-electron chi connectivity index (χ4n) is 2.02. The topological polar surface area (TPSA) is 121 Å². The third-order valence-electron chi connectivity index (χ3n) is 3.21. The van der Waals surface area contributed by atoms with Crippen LogP contribution in [0, 0.1) is 0 Å². The molecule has 4 rings (SSSR count). The Kier molecular flexibility index (Phi) is 4.05. The number of halogens is 2. The molecule has 0 unspecified atom stereocenters. The Bertz CT molecular complexity index is 1000. The van der Waals surface area contributed by atoms with Gasteiger partial charge < -0.3 is 4.42 Å². The number of tetrazole rings is 1. The van der Waals surface area contributed by atoms with Crippen molar-refractivity contribution in [2.75, 3.05) is 0 Å². The lowest BCUT2D eigenvalue weighted by Crippen LogP contribution is -2.07.